The number of fused-ring (bicyclic) bond motifs is 1. The second-order valence-electron chi connectivity index (χ2n) is 7.49. The lowest BCUT2D eigenvalue weighted by atomic mass is 9.88. The maximum Gasteiger partial charge on any atom is 0.315 e. The van der Waals surface area contributed by atoms with Gasteiger partial charge in [-0.25, -0.2) is 4.79 Å². The number of amides is 2. The Morgan fingerprint density at radius 2 is 2.12 bits per heavy atom. The first kappa shape index (κ1) is 19.1. The molecule has 1 aromatic heterocycles. The molecule has 0 aliphatic heterocycles. The Bertz CT molecular complexity index is 703. The predicted octanol–water partition coefficient (Wildman–Crippen LogP) is 2.82. The number of urea groups is 1. The van der Waals surface area contributed by atoms with Crippen LogP contribution in [0.4, 0.5) is 4.79 Å². The van der Waals surface area contributed by atoms with Crippen molar-refractivity contribution in [3.8, 4) is 5.75 Å². The van der Waals surface area contributed by atoms with E-state index in [0.717, 1.165) is 28.6 Å². The van der Waals surface area contributed by atoms with Gasteiger partial charge >= 0.3 is 6.03 Å². The van der Waals surface area contributed by atoms with Gasteiger partial charge in [-0.1, -0.05) is 26.8 Å². The summed E-state index contributed by atoms with van der Waals surface area (Å²) in [5, 5.41) is 16.2. The van der Waals surface area contributed by atoms with E-state index >= 15 is 0 Å². The quantitative estimate of drug-likeness (QED) is 0.621. The van der Waals surface area contributed by atoms with Crippen molar-refractivity contribution in [1.29, 1.82) is 0 Å². The Kier molecular flexibility index (Phi) is 6.31. The fourth-order valence-electron chi connectivity index (χ4n) is 3.03. The Morgan fingerprint density at radius 3 is 2.76 bits per heavy atom. The lowest BCUT2D eigenvalue weighted by Crippen LogP contribution is -2.45. The molecule has 2 rings (SSSR count). The van der Waals surface area contributed by atoms with E-state index in [2.05, 4.69) is 36.4 Å². The summed E-state index contributed by atoms with van der Waals surface area (Å²) >= 11 is 0. The van der Waals surface area contributed by atoms with Gasteiger partial charge < -0.3 is 25.5 Å². The van der Waals surface area contributed by atoms with Crippen LogP contribution >= 0.6 is 0 Å². The minimum Gasteiger partial charge on any atom is -0.496 e. The number of methoxy groups -OCH3 is 1. The molecule has 1 unspecified atom stereocenters. The second kappa shape index (κ2) is 8.25. The number of aliphatic hydroxyl groups is 1. The molecular weight excluding hydrogens is 318 g/mol. The molecule has 0 spiro atoms. The minimum absolute atomic E-state index is 0.0429. The smallest absolute Gasteiger partial charge is 0.315 e. The molecule has 2 amide bonds. The van der Waals surface area contributed by atoms with Crippen molar-refractivity contribution in [2.75, 3.05) is 20.3 Å². The number of rotatable bonds is 7. The van der Waals surface area contributed by atoms with Gasteiger partial charge in [0.05, 0.1) is 19.8 Å². The van der Waals surface area contributed by atoms with Crippen LogP contribution in [0.15, 0.2) is 24.4 Å². The second-order valence-corrected chi connectivity index (χ2v) is 7.49. The van der Waals surface area contributed by atoms with E-state index in [1.807, 2.05) is 24.4 Å². The zero-order valence-electron chi connectivity index (χ0n) is 15.5. The Morgan fingerprint density at radius 1 is 1.36 bits per heavy atom. The summed E-state index contributed by atoms with van der Waals surface area (Å²) in [4.78, 5) is 15.3. The van der Waals surface area contributed by atoms with Gasteiger partial charge in [-0.15, -0.1) is 0 Å². The Balaban J connectivity index is 1.89. The fourth-order valence-corrected chi connectivity index (χ4v) is 3.03. The summed E-state index contributed by atoms with van der Waals surface area (Å²) in [6, 6.07) is 5.37. The third kappa shape index (κ3) is 5.39. The number of aromatic nitrogens is 1. The number of H-pyrrole nitrogens is 1. The van der Waals surface area contributed by atoms with Crippen molar-refractivity contribution in [2.45, 2.75) is 39.7 Å². The van der Waals surface area contributed by atoms with E-state index in [-0.39, 0.29) is 24.1 Å². The maximum absolute atomic E-state index is 12.0. The number of aromatic amines is 1. The number of hydrogen-bond donors (Lipinski definition) is 4. The summed E-state index contributed by atoms with van der Waals surface area (Å²) in [5.41, 5.74) is 2.16. The van der Waals surface area contributed by atoms with E-state index in [0.29, 0.717) is 13.0 Å². The average Bonchev–Trinajstić information content (AvgIpc) is 2.96. The summed E-state index contributed by atoms with van der Waals surface area (Å²) in [7, 11) is 1.65. The van der Waals surface area contributed by atoms with Crippen molar-refractivity contribution in [2.24, 2.45) is 5.41 Å². The molecule has 0 aliphatic rings. The van der Waals surface area contributed by atoms with Crippen LogP contribution in [0.5, 0.6) is 5.75 Å². The zero-order chi connectivity index (χ0) is 18.4. The number of carbonyl (C=O) groups excluding carboxylic acids is 1. The highest BCUT2D eigenvalue weighted by atomic mass is 16.5. The molecule has 1 atom stereocenters. The molecule has 0 fully saturated rings. The Labute approximate surface area is 149 Å². The van der Waals surface area contributed by atoms with Gasteiger partial charge in [-0.3, -0.25) is 0 Å². The molecule has 6 nitrogen and oxygen atoms in total. The summed E-state index contributed by atoms with van der Waals surface area (Å²) in [5.74, 6) is 0.823. The van der Waals surface area contributed by atoms with Crippen LogP contribution in [0.2, 0.25) is 0 Å². The van der Waals surface area contributed by atoms with Gasteiger partial charge in [0.15, 0.2) is 0 Å². The van der Waals surface area contributed by atoms with E-state index in [4.69, 9.17) is 4.74 Å². The average molecular weight is 347 g/mol. The summed E-state index contributed by atoms with van der Waals surface area (Å²) < 4.78 is 5.42. The maximum atomic E-state index is 12.0. The molecule has 0 aliphatic carbocycles. The highest BCUT2D eigenvalue weighted by Gasteiger charge is 2.19. The van der Waals surface area contributed by atoms with Gasteiger partial charge in [-0.2, -0.15) is 0 Å². The van der Waals surface area contributed by atoms with Crippen molar-refractivity contribution in [3.05, 3.63) is 30.0 Å². The van der Waals surface area contributed by atoms with Crippen LogP contribution < -0.4 is 15.4 Å². The molecule has 0 radical (unpaired) electrons. The van der Waals surface area contributed by atoms with Crippen molar-refractivity contribution in [1.82, 2.24) is 15.6 Å². The minimum atomic E-state index is -0.255. The molecule has 25 heavy (non-hydrogen) atoms. The van der Waals surface area contributed by atoms with Gasteiger partial charge in [0, 0.05) is 23.6 Å². The number of benzene rings is 1. The molecule has 0 saturated heterocycles. The molecule has 2 aromatic rings. The molecule has 6 heteroatoms. The Hall–Kier alpha value is -2.21. The van der Waals surface area contributed by atoms with Crippen LogP contribution in [0.1, 0.15) is 32.8 Å². The largest absolute Gasteiger partial charge is 0.496 e. The van der Waals surface area contributed by atoms with E-state index < -0.39 is 0 Å². The van der Waals surface area contributed by atoms with Gasteiger partial charge in [0.2, 0.25) is 0 Å². The standard InChI is InChI=1S/C19H29N3O3/c1-19(2,3)10-14(12-23)22-18(24)20-9-8-13-11-21-15-6-5-7-16(25-4)17(13)15/h5-7,11,14,21,23H,8-10,12H2,1-4H3,(H2,20,22,24). The van der Waals surface area contributed by atoms with Crippen molar-refractivity contribution < 1.29 is 14.6 Å². The fraction of sp³-hybridized carbons (Fsp3) is 0.526. The van der Waals surface area contributed by atoms with Crippen LogP contribution in [-0.4, -0.2) is 42.4 Å². The normalized spacial score (nSPS) is 12.8. The van der Waals surface area contributed by atoms with Crippen LogP contribution in [-0.2, 0) is 6.42 Å². The van der Waals surface area contributed by atoms with E-state index in [9.17, 15) is 9.90 Å². The monoisotopic (exact) mass is 347 g/mol. The van der Waals surface area contributed by atoms with Gasteiger partial charge in [-0.05, 0) is 36.0 Å². The third-order valence-corrected chi connectivity index (χ3v) is 4.06. The van der Waals surface area contributed by atoms with Gasteiger partial charge in [0.1, 0.15) is 5.75 Å². The number of nitrogens with one attached hydrogen (secondary N) is 3. The summed E-state index contributed by atoms with van der Waals surface area (Å²) in [6.45, 7) is 6.69. The first-order chi connectivity index (χ1) is 11.8. The van der Waals surface area contributed by atoms with Crippen molar-refractivity contribution in [3.63, 3.8) is 0 Å². The third-order valence-electron chi connectivity index (χ3n) is 4.06. The molecule has 0 saturated carbocycles. The van der Waals surface area contributed by atoms with E-state index in [1.54, 1.807) is 7.11 Å². The number of carbonyl (C=O) groups is 1. The molecular formula is C19H29N3O3. The van der Waals surface area contributed by atoms with Gasteiger partial charge in [0.25, 0.3) is 0 Å². The van der Waals surface area contributed by atoms with Crippen molar-refractivity contribution >= 4 is 16.9 Å². The highest BCUT2D eigenvalue weighted by molar-refractivity contribution is 5.89. The first-order valence-corrected chi connectivity index (χ1v) is 8.62. The predicted molar refractivity (Wildman–Crippen MR) is 100 cm³/mol. The van der Waals surface area contributed by atoms with Crippen LogP contribution in [0.3, 0.4) is 0 Å². The van der Waals surface area contributed by atoms with Crippen LogP contribution in [0, 0.1) is 5.41 Å². The lowest BCUT2D eigenvalue weighted by Gasteiger charge is -2.25. The highest BCUT2D eigenvalue weighted by Crippen LogP contribution is 2.28. The van der Waals surface area contributed by atoms with Crippen LogP contribution in [0.25, 0.3) is 10.9 Å². The molecule has 4 N–H and O–H groups in total. The number of ether oxygens (including phenoxy) is 1. The zero-order valence-corrected chi connectivity index (χ0v) is 15.5. The first-order valence-electron chi connectivity index (χ1n) is 8.62. The number of aliphatic hydroxyl groups excluding tert-OH is 1. The molecule has 1 heterocycles. The molecule has 0 bridgehead atoms. The molecule has 1 aromatic carbocycles. The SMILES string of the molecule is COc1cccc2[nH]cc(CCNC(=O)NC(CO)CC(C)(C)C)c12. The number of hydrogen-bond acceptors (Lipinski definition) is 3. The summed E-state index contributed by atoms with van der Waals surface area (Å²) in [6.07, 6.45) is 3.36. The lowest BCUT2D eigenvalue weighted by molar-refractivity contribution is 0.191. The molecule has 138 valence electrons. The van der Waals surface area contributed by atoms with E-state index in [1.165, 1.54) is 0 Å². The topological polar surface area (TPSA) is 86.4 Å².